The number of hydrogen-bond acceptors (Lipinski definition) is 2. The van der Waals surface area contributed by atoms with E-state index >= 15 is 0 Å². The van der Waals surface area contributed by atoms with Crippen LogP contribution in [0.4, 0.5) is 0 Å². The van der Waals surface area contributed by atoms with Crippen LogP contribution >= 0.6 is 0 Å². The van der Waals surface area contributed by atoms with Gasteiger partial charge in [0.2, 0.25) is 0 Å². The highest BCUT2D eigenvalue weighted by Crippen LogP contribution is 2.31. The highest BCUT2D eigenvalue weighted by Gasteiger charge is 2.19. The summed E-state index contributed by atoms with van der Waals surface area (Å²) in [4.78, 5) is 0. The molecular formula is C10H13NO. The molecule has 0 aromatic heterocycles. The van der Waals surface area contributed by atoms with Crippen molar-refractivity contribution in [3.8, 4) is 5.75 Å². The third kappa shape index (κ3) is 1.08. The van der Waals surface area contributed by atoms with Gasteiger partial charge in [-0.2, -0.15) is 0 Å². The summed E-state index contributed by atoms with van der Waals surface area (Å²) < 4.78 is 5.39. The zero-order valence-corrected chi connectivity index (χ0v) is 7.21. The standard InChI is InChI=1S/C10H13NO/c1-2-7-3-4-10-8(5-7)9(11)6-12-10/h3-5,9H,2,6,11H2,1H3. The van der Waals surface area contributed by atoms with Gasteiger partial charge >= 0.3 is 0 Å². The molecule has 2 heteroatoms. The summed E-state index contributed by atoms with van der Waals surface area (Å²) in [7, 11) is 0. The van der Waals surface area contributed by atoms with E-state index in [0.29, 0.717) is 6.61 Å². The molecule has 1 atom stereocenters. The summed E-state index contributed by atoms with van der Waals surface area (Å²) in [6, 6.07) is 6.33. The predicted molar refractivity (Wildman–Crippen MR) is 48.2 cm³/mol. The Balaban J connectivity index is 2.43. The first-order valence-corrected chi connectivity index (χ1v) is 4.32. The molecule has 64 valence electrons. The van der Waals surface area contributed by atoms with Crippen molar-refractivity contribution in [3.63, 3.8) is 0 Å². The molecule has 1 unspecified atom stereocenters. The van der Waals surface area contributed by atoms with Crippen LogP contribution in [0.3, 0.4) is 0 Å². The molecule has 0 saturated heterocycles. The first-order valence-electron chi connectivity index (χ1n) is 4.32. The van der Waals surface area contributed by atoms with E-state index in [1.54, 1.807) is 0 Å². The lowest BCUT2D eigenvalue weighted by atomic mass is 10.0. The molecule has 0 spiro atoms. The molecule has 0 amide bonds. The Bertz CT molecular complexity index is 296. The first-order chi connectivity index (χ1) is 5.81. The Hall–Kier alpha value is -1.02. The highest BCUT2D eigenvalue weighted by atomic mass is 16.5. The van der Waals surface area contributed by atoms with E-state index in [-0.39, 0.29) is 6.04 Å². The molecule has 2 N–H and O–H groups in total. The minimum Gasteiger partial charge on any atom is -0.491 e. The van der Waals surface area contributed by atoms with Crippen LogP contribution < -0.4 is 10.5 Å². The van der Waals surface area contributed by atoms with E-state index in [2.05, 4.69) is 19.1 Å². The number of ether oxygens (including phenoxy) is 1. The van der Waals surface area contributed by atoms with Crippen LogP contribution in [-0.2, 0) is 6.42 Å². The van der Waals surface area contributed by atoms with Gasteiger partial charge in [-0.1, -0.05) is 19.1 Å². The summed E-state index contributed by atoms with van der Waals surface area (Å²) in [5, 5.41) is 0. The monoisotopic (exact) mass is 163 g/mol. The Kier molecular flexibility index (Phi) is 1.77. The summed E-state index contributed by atoms with van der Waals surface area (Å²) in [5.74, 6) is 0.958. The molecule has 1 heterocycles. The van der Waals surface area contributed by atoms with Crippen LogP contribution in [0, 0.1) is 0 Å². The Morgan fingerprint density at radius 3 is 3.17 bits per heavy atom. The molecule has 0 radical (unpaired) electrons. The number of hydrogen-bond donors (Lipinski definition) is 1. The Labute approximate surface area is 72.3 Å². The number of nitrogens with two attached hydrogens (primary N) is 1. The van der Waals surface area contributed by atoms with Crippen molar-refractivity contribution in [1.82, 2.24) is 0 Å². The van der Waals surface area contributed by atoms with Gasteiger partial charge in [-0.05, 0) is 18.1 Å². The maximum Gasteiger partial charge on any atom is 0.124 e. The van der Waals surface area contributed by atoms with Gasteiger partial charge in [-0.3, -0.25) is 0 Å². The lowest BCUT2D eigenvalue weighted by Crippen LogP contribution is -2.10. The van der Waals surface area contributed by atoms with Gasteiger partial charge in [0, 0.05) is 5.56 Å². The van der Waals surface area contributed by atoms with E-state index in [0.717, 1.165) is 17.7 Å². The number of rotatable bonds is 1. The van der Waals surface area contributed by atoms with Crippen molar-refractivity contribution < 1.29 is 4.74 Å². The largest absolute Gasteiger partial charge is 0.491 e. The third-order valence-electron chi connectivity index (χ3n) is 2.30. The van der Waals surface area contributed by atoms with Gasteiger partial charge in [0.25, 0.3) is 0 Å². The highest BCUT2D eigenvalue weighted by molar-refractivity contribution is 5.42. The first kappa shape index (κ1) is 7.62. The fourth-order valence-electron chi connectivity index (χ4n) is 1.51. The molecule has 0 bridgehead atoms. The van der Waals surface area contributed by atoms with Crippen LogP contribution in [-0.4, -0.2) is 6.61 Å². The average Bonchev–Trinajstić information content (AvgIpc) is 2.47. The van der Waals surface area contributed by atoms with Gasteiger partial charge in [-0.25, -0.2) is 0 Å². The zero-order chi connectivity index (χ0) is 8.55. The van der Waals surface area contributed by atoms with Crippen LogP contribution in [0.1, 0.15) is 24.1 Å². The fourth-order valence-corrected chi connectivity index (χ4v) is 1.51. The second-order valence-corrected chi connectivity index (χ2v) is 3.14. The molecule has 1 aromatic rings. The quantitative estimate of drug-likeness (QED) is 0.683. The Morgan fingerprint density at radius 1 is 1.58 bits per heavy atom. The maximum absolute atomic E-state index is 5.84. The van der Waals surface area contributed by atoms with Gasteiger partial charge in [0.15, 0.2) is 0 Å². The van der Waals surface area contributed by atoms with E-state index in [4.69, 9.17) is 10.5 Å². The normalized spacial score (nSPS) is 20.3. The Morgan fingerprint density at radius 2 is 2.42 bits per heavy atom. The SMILES string of the molecule is CCc1ccc2c(c1)C(N)CO2. The second kappa shape index (κ2) is 2.79. The summed E-state index contributed by atoms with van der Waals surface area (Å²) in [5.41, 5.74) is 8.33. The minimum atomic E-state index is 0.0755. The molecule has 12 heavy (non-hydrogen) atoms. The molecule has 2 nitrogen and oxygen atoms in total. The van der Waals surface area contributed by atoms with Crippen molar-refractivity contribution in [2.24, 2.45) is 5.73 Å². The van der Waals surface area contributed by atoms with Gasteiger partial charge < -0.3 is 10.5 Å². The molecular weight excluding hydrogens is 150 g/mol. The zero-order valence-electron chi connectivity index (χ0n) is 7.21. The fraction of sp³-hybridized carbons (Fsp3) is 0.400. The molecule has 0 fully saturated rings. The summed E-state index contributed by atoms with van der Waals surface area (Å²) >= 11 is 0. The number of fused-ring (bicyclic) bond motifs is 1. The van der Waals surface area contributed by atoms with Crippen molar-refractivity contribution in [2.45, 2.75) is 19.4 Å². The van der Waals surface area contributed by atoms with Crippen molar-refractivity contribution >= 4 is 0 Å². The van der Waals surface area contributed by atoms with Crippen molar-refractivity contribution in [2.75, 3.05) is 6.61 Å². The predicted octanol–water partition coefficient (Wildman–Crippen LogP) is 1.64. The second-order valence-electron chi connectivity index (χ2n) is 3.14. The summed E-state index contributed by atoms with van der Waals surface area (Å²) in [6.45, 7) is 2.77. The minimum absolute atomic E-state index is 0.0755. The van der Waals surface area contributed by atoms with Crippen LogP contribution in [0.25, 0.3) is 0 Å². The topological polar surface area (TPSA) is 35.2 Å². The molecule has 1 aliphatic rings. The van der Waals surface area contributed by atoms with Crippen molar-refractivity contribution in [3.05, 3.63) is 29.3 Å². The van der Waals surface area contributed by atoms with Gasteiger partial charge in [0.1, 0.15) is 12.4 Å². The third-order valence-corrected chi connectivity index (χ3v) is 2.30. The van der Waals surface area contributed by atoms with E-state index in [9.17, 15) is 0 Å². The van der Waals surface area contributed by atoms with Crippen LogP contribution in [0.15, 0.2) is 18.2 Å². The molecule has 1 aromatic carbocycles. The molecule has 0 saturated carbocycles. The van der Waals surface area contributed by atoms with Gasteiger partial charge in [0.05, 0.1) is 6.04 Å². The van der Waals surface area contributed by atoms with E-state index in [1.165, 1.54) is 5.56 Å². The van der Waals surface area contributed by atoms with E-state index < -0.39 is 0 Å². The number of aryl methyl sites for hydroxylation is 1. The summed E-state index contributed by atoms with van der Waals surface area (Å²) in [6.07, 6.45) is 1.06. The lowest BCUT2D eigenvalue weighted by Gasteiger charge is -2.02. The maximum atomic E-state index is 5.84. The molecule has 1 aliphatic heterocycles. The number of benzene rings is 1. The average molecular weight is 163 g/mol. The van der Waals surface area contributed by atoms with E-state index in [1.807, 2.05) is 6.07 Å². The lowest BCUT2D eigenvalue weighted by molar-refractivity contribution is 0.333. The van der Waals surface area contributed by atoms with Crippen molar-refractivity contribution in [1.29, 1.82) is 0 Å². The molecule has 0 aliphatic carbocycles. The smallest absolute Gasteiger partial charge is 0.124 e. The molecule has 2 rings (SSSR count). The van der Waals surface area contributed by atoms with Crippen LogP contribution in [0.2, 0.25) is 0 Å². The van der Waals surface area contributed by atoms with Gasteiger partial charge in [-0.15, -0.1) is 0 Å². The van der Waals surface area contributed by atoms with Crippen LogP contribution in [0.5, 0.6) is 5.75 Å².